The normalized spacial score (nSPS) is 11.7. The van der Waals surface area contributed by atoms with Gasteiger partial charge in [-0.25, -0.2) is 4.39 Å². The molecule has 1 N–H and O–H groups in total. The summed E-state index contributed by atoms with van der Waals surface area (Å²) in [5.41, 5.74) is 2.71. The standard InChI is InChI=1S/C22H22FN3O3/c1-4-19(22(28)24-18-13-14(2)5-6-15(18)3)29-20-11-12-21(27)26(25-20)17-9-7-16(23)8-10-17/h5-13,19H,4H2,1-3H3,(H,24,28)/t19-/m0/s1. The van der Waals surface area contributed by atoms with E-state index in [-0.39, 0.29) is 11.8 Å². The van der Waals surface area contributed by atoms with E-state index in [0.717, 1.165) is 21.5 Å². The third-order valence-electron chi connectivity index (χ3n) is 4.42. The minimum absolute atomic E-state index is 0.122. The van der Waals surface area contributed by atoms with Crippen molar-refractivity contribution in [1.82, 2.24) is 9.78 Å². The van der Waals surface area contributed by atoms with E-state index in [1.165, 1.54) is 36.4 Å². The zero-order valence-electron chi connectivity index (χ0n) is 16.5. The van der Waals surface area contributed by atoms with Crippen LogP contribution in [0.15, 0.2) is 59.4 Å². The maximum atomic E-state index is 13.1. The second kappa shape index (κ2) is 8.68. The highest BCUT2D eigenvalue weighted by Gasteiger charge is 2.20. The van der Waals surface area contributed by atoms with Crippen LogP contribution in [0.1, 0.15) is 24.5 Å². The van der Waals surface area contributed by atoms with Crippen molar-refractivity contribution >= 4 is 11.6 Å². The topological polar surface area (TPSA) is 73.2 Å². The molecule has 150 valence electrons. The number of hydrogen-bond acceptors (Lipinski definition) is 4. The lowest BCUT2D eigenvalue weighted by Gasteiger charge is -2.18. The molecule has 6 nitrogen and oxygen atoms in total. The van der Waals surface area contributed by atoms with Crippen LogP contribution >= 0.6 is 0 Å². The number of aryl methyl sites for hydroxylation is 2. The number of nitrogens with one attached hydrogen (secondary N) is 1. The van der Waals surface area contributed by atoms with E-state index in [9.17, 15) is 14.0 Å². The predicted molar refractivity (Wildman–Crippen MR) is 109 cm³/mol. The first kappa shape index (κ1) is 20.3. The summed E-state index contributed by atoms with van der Waals surface area (Å²) in [7, 11) is 0. The Morgan fingerprint density at radius 3 is 2.55 bits per heavy atom. The zero-order chi connectivity index (χ0) is 21.0. The quantitative estimate of drug-likeness (QED) is 0.689. The Kier molecular flexibility index (Phi) is 6.07. The Hall–Kier alpha value is -3.48. The van der Waals surface area contributed by atoms with Gasteiger partial charge in [-0.3, -0.25) is 9.59 Å². The van der Waals surface area contributed by atoms with Gasteiger partial charge in [-0.2, -0.15) is 4.68 Å². The van der Waals surface area contributed by atoms with Gasteiger partial charge >= 0.3 is 0 Å². The van der Waals surface area contributed by atoms with E-state index in [2.05, 4.69) is 10.4 Å². The molecule has 0 radical (unpaired) electrons. The Labute approximate surface area is 168 Å². The van der Waals surface area contributed by atoms with Crippen molar-refractivity contribution in [3.05, 3.63) is 81.9 Å². The molecule has 0 aliphatic carbocycles. The summed E-state index contributed by atoms with van der Waals surface area (Å²) in [5, 5.41) is 7.04. The molecule has 0 fully saturated rings. The van der Waals surface area contributed by atoms with Crippen LogP contribution in [-0.2, 0) is 4.79 Å². The molecular formula is C22H22FN3O3. The fraction of sp³-hybridized carbons (Fsp3) is 0.227. The maximum Gasteiger partial charge on any atom is 0.271 e. The van der Waals surface area contributed by atoms with Crippen molar-refractivity contribution in [2.45, 2.75) is 33.3 Å². The minimum atomic E-state index is -0.790. The fourth-order valence-corrected chi connectivity index (χ4v) is 2.78. The maximum absolute atomic E-state index is 13.1. The highest BCUT2D eigenvalue weighted by atomic mass is 19.1. The van der Waals surface area contributed by atoms with Crippen LogP contribution in [0, 0.1) is 19.7 Å². The van der Waals surface area contributed by atoms with Crippen LogP contribution in [0.3, 0.4) is 0 Å². The van der Waals surface area contributed by atoms with Gasteiger partial charge < -0.3 is 10.1 Å². The zero-order valence-corrected chi connectivity index (χ0v) is 16.5. The molecule has 0 saturated heterocycles. The monoisotopic (exact) mass is 395 g/mol. The third-order valence-corrected chi connectivity index (χ3v) is 4.42. The van der Waals surface area contributed by atoms with E-state index in [1.54, 1.807) is 0 Å². The number of halogens is 1. The molecule has 1 heterocycles. The van der Waals surface area contributed by atoms with Crippen molar-refractivity contribution in [3.63, 3.8) is 0 Å². The molecule has 0 saturated carbocycles. The molecule has 0 aliphatic heterocycles. The van der Waals surface area contributed by atoms with Crippen LogP contribution < -0.4 is 15.6 Å². The van der Waals surface area contributed by atoms with Gasteiger partial charge in [0.15, 0.2) is 6.10 Å². The lowest BCUT2D eigenvalue weighted by atomic mass is 10.1. The molecule has 3 rings (SSSR count). The SMILES string of the molecule is CC[C@H](Oc1ccc(=O)n(-c2ccc(F)cc2)n1)C(=O)Nc1cc(C)ccc1C. The first-order valence-electron chi connectivity index (χ1n) is 9.28. The lowest BCUT2D eigenvalue weighted by Crippen LogP contribution is -2.33. The number of carbonyl (C=O) groups excluding carboxylic acids is 1. The molecule has 1 atom stereocenters. The van der Waals surface area contributed by atoms with Gasteiger partial charge in [0.1, 0.15) is 5.82 Å². The highest BCUT2D eigenvalue weighted by Crippen LogP contribution is 2.18. The van der Waals surface area contributed by atoms with Gasteiger partial charge in [-0.05, 0) is 61.7 Å². The molecule has 29 heavy (non-hydrogen) atoms. The van der Waals surface area contributed by atoms with Crippen LogP contribution in [0.4, 0.5) is 10.1 Å². The van der Waals surface area contributed by atoms with Crippen LogP contribution in [0.5, 0.6) is 5.88 Å². The molecule has 3 aromatic rings. The third kappa shape index (κ3) is 4.87. The number of carbonyl (C=O) groups is 1. The van der Waals surface area contributed by atoms with Crippen molar-refractivity contribution in [2.75, 3.05) is 5.32 Å². The van der Waals surface area contributed by atoms with E-state index >= 15 is 0 Å². The van der Waals surface area contributed by atoms with E-state index in [1.807, 2.05) is 39.0 Å². The largest absolute Gasteiger partial charge is 0.463 e. The molecule has 0 bridgehead atoms. The number of rotatable bonds is 6. The molecule has 1 amide bonds. The molecule has 0 unspecified atom stereocenters. The number of hydrogen-bond donors (Lipinski definition) is 1. The number of anilines is 1. The van der Waals surface area contributed by atoms with Gasteiger partial charge in [-0.15, -0.1) is 5.10 Å². The van der Waals surface area contributed by atoms with Crippen LogP contribution in [-0.4, -0.2) is 21.8 Å². The van der Waals surface area contributed by atoms with Gasteiger partial charge in [-0.1, -0.05) is 19.1 Å². The average Bonchev–Trinajstić information content (AvgIpc) is 2.70. The Balaban J connectivity index is 1.81. The Bertz CT molecular complexity index is 1080. The second-order valence-corrected chi connectivity index (χ2v) is 6.72. The number of amides is 1. The first-order valence-corrected chi connectivity index (χ1v) is 9.28. The smallest absolute Gasteiger partial charge is 0.271 e. The van der Waals surface area contributed by atoms with Gasteiger partial charge in [0.25, 0.3) is 11.5 Å². The number of nitrogens with zero attached hydrogens (tertiary/aromatic N) is 2. The second-order valence-electron chi connectivity index (χ2n) is 6.72. The average molecular weight is 395 g/mol. The highest BCUT2D eigenvalue weighted by molar-refractivity contribution is 5.95. The van der Waals surface area contributed by atoms with Gasteiger partial charge in [0, 0.05) is 17.8 Å². The molecule has 0 aliphatic rings. The summed E-state index contributed by atoms with van der Waals surface area (Å²) in [6.07, 6.45) is -0.379. The summed E-state index contributed by atoms with van der Waals surface area (Å²) in [6.45, 7) is 5.69. The Morgan fingerprint density at radius 1 is 1.14 bits per heavy atom. The van der Waals surface area contributed by atoms with Crippen LogP contribution in [0.25, 0.3) is 5.69 Å². The van der Waals surface area contributed by atoms with E-state index in [0.29, 0.717) is 12.1 Å². The summed E-state index contributed by atoms with van der Waals surface area (Å²) < 4.78 is 20.0. The van der Waals surface area contributed by atoms with Gasteiger partial charge in [0.05, 0.1) is 5.69 Å². The van der Waals surface area contributed by atoms with Crippen molar-refractivity contribution in [3.8, 4) is 11.6 Å². The fourth-order valence-electron chi connectivity index (χ4n) is 2.78. The van der Waals surface area contributed by atoms with Crippen molar-refractivity contribution < 1.29 is 13.9 Å². The van der Waals surface area contributed by atoms with Crippen LogP contribution in [0.2, 0.25) is 0 Å². The molecule has 7 heteroatoms. The summed E-state index contributed by atoms with van der Waals surface area (Å²) in [4.78, 5) is 24.8. The number of aromatic nitrogens is 2. The lowest BCUT2D eigenvalue weighted by molar-refractivity contribution is -0.123. The summed E-state index contributed by atoms with van der Waals surface area (Å²) >= 11 is 0. The number of ether oxygens (including phenoxy) is 1. The van der Waals surface area contributed by atoms with E-state index in [4.69, 9.17) is 4.74 Å². The predicted octanol–water partition coefficient (Wildman–Crippen LogP) is 3.78. The minimum Gasteiger partial charge on any atom is -0.463 e. The van der Waals surface area contributed by atoms with Gasteiger partial charge in [0.2, 0.25) is 5.88 Å². The van der Waals surface area contributed by atoms with E-state index < -0.39 is 17.5 Å². The molecular weight excluding hydrogens is 373 g/mol. The first-order chi connectivity index (χ1) is 13.9. The number of benzene rings is 2. The molecule has 1 aromatic heterocycles. The van der Waals surface area contributed by atoms with Crippen molar-refractivity contribution in [1.29, 1.82) is 0 Å². The summed E-state index contributed by atoms with van der Waals surface area (Å²) in [6, 6.07) is 13.9. The Morgan fingerprint density at radius 2 is 1.86 bits per heavy atom. The molecule has 0 spiro atoms. The van der Waals surface area contributed by atoms with Crippen molar-refractivity contribution in [2.24, 2.45) is 0 Å². The molecule has 2 aromatic carbocycles. The summed E-state index contributed by atoms with van der Waals surface area (Å²) in [5.74, 6) is -0.595.